The molecule has 0 radical (unpaired) electrons. The molecule has 0 saturated carbocycles. The first-order chi connectivity index (χ1) is 9.69. The predicted octanol–water partition coefficient (Wildman–Crippen LogP) is 1.49. The minimum atomic E-state index is -4.52. The number of non-ortho nitro benzene ring substituents is 1. The molecule has 0 saturated heterocycles. The highest BCUT2D eigenvalue weighted by atomic mass is 19.4. The standard InChI is InChI=1S/C11H12F3N3O4/c12-11(13,14)6-16-10(19)15-5-9(18)7-1-3-8(4-2-7)17(20)21/h1-4,9,18H,5-6H2,(H2,15,16,19)/t9-/m1/s1. The van der Waals surface area contributed by atoms with Gasteiger partial charge < -0.3 is 15.7 Å². The lowest BCUT2D eigenvalue weighted by molar-refractivity contribution is -0.384. The van der Waals surface area contributed by atoms with Crippen molar-refractivity contribution in [2.75, 3.05) is 13.1 Å². The van der Waals surface area contributed by atoms with Crippen LogP contribution in [0.1, 0.15) is 11.7 Å². The maximum atomic E-state index is 11.8. The molecule has 0 aliphatic heterocycles. The zero-order valence-corrected chi connectivity index (χ0v) is 10.6. The largest absolute Gasteiger partial charge is 0.405 e. The number of halogens is 3. The van der Waals surface area contributed by atoms with Gasteiger partial charge in [0.1, 0.15) is 6.54 Å². The van der Waals surface area contributed by atoms with E-state index in [-0.39, 0.29) is 17.8 Å². The molecule has 7 nitrogen and oxygen atoms in total. The van der Waals surface area contributed by atoms with Gasteiger partial charge >= 0.3 is 12.2 Å². The monoisotopic (exact) mass is 307 g/mol. The Morgan fingerprint density at radius 1 is 1.29 bits per heavy atom. The number of hydrogen-bond donors (Lipinski definition) is 3. The highest BCUT2D eigenvalue weighted by Crippen LogP contribution is 2.17. The van der Waals surface area contributed by atoms with Gasteiger partial charge in [0.05, 0.1) is 11.0 Å². The third-order valence-corrected chi connectivity index (χ3v) is 2.39. The molecule has 1 rings (SSSR count). The first-order valence-electron chi connectivity index (χ1n) is 5.70. The summed E-state index contributed by atoms with van der Waals surface area (Å²) in [6.07, 6.45) is -5.71. The van der Waals surface area contributed by atoms with Crippen molar-refractivity contribution in [2.24, 2.45) is 0 Å². The van der Waals surface area contributed by atoms with E-state index in [0.717, 1.165) is 0 Å². The number of aliphatic hydroxyl groups is 1. The molecule has 0 bridgehead atoms. The number of nitrogens with one attached hydrogen (secondary N) is 2. The minimum Gasteiger partial charge on any atom is -0.387 e. The number of aliphatic hydroxyl groups excluding tert-OH is 1. The lowest BCUT2D eigenvalue weighted by Gasteiger charge is -2.13. The molecule has 3 N–H and O–H groups in total. The fraction of sp³-hybridized carbons (Fsp3) is 0.364. The second kappa shape index (κ2) is 6.88. The normalized spacial score (nSPS) is 12.6. The van der Waals surface area contributed by atoms with Gasteiger partial charge in [-0.15, -0.1) is 0 Å². The smallest absolute Gasteiger partial charge is 0.387 e. The quantitative estimate of drug-likeness (QED) is 0.566. The summed E-state index contributed by atoms with van der Waals surface area (Å²) in [5.41, 5.74) is 0.124. The maximum absolute atomic E-state index is 11.8. The average molecular weight is 307 g/mol. The van der Waals surface area contributed by atoms with E-state index in [1.54, 1.807) is 5.32 Å². The molecule has 0 aliphatic rings. The Labute approximate surface area is 116 Å². The highest BCUT2D eigenvalue weighted by Gasteiger charge is 2.27. The number of hydrogen-bond acceptors (Lipinski definition) is 4. The number of nitro groups is 1. The van der Waals surface area contributed by atoms with Gasteiger partial charge in [0, 0.05) is 18.7 Å². The van der Waals surface area contributed by atoms with E-state index in [1.807, 2.05) is 0 Å². The van der Waals surface area contributed by atoms with Gasteiger partial charge in [-0.2, -0.15) is 13.2 Å². The molecule has 1 aromatic rings. The molecule has 0 fully saturated rings. The Hall–Kier alpha value is -2.36. The Kier molecular flexibility index (Phi) is 5.47. The average Bonchev–Trinajstić information content (AvgIpc) is 2.41. The third kappa shape index (κ3) is 6.08. The highest BCUT2D eigenvalue weighted by molar-refractivity contribution is 5.73. The Morgan fingerprint density at radius 2 is 1.86 bits per heavy atom. The summed E-state index contributed by atoms with van der Waals surface area (Å²) in [6, 6.07) is 3.84. The first kappa shape index (κ1) is 16.7. The van der Waals surface area contributed by atoms with Crippen molar-refractivity contribution in [2.45, 2.75) is 12.3 Å². The molecule has 2 amide bonds. The van der Waals surface area contributed by atoms with Gasteiger partial charge in [-0.25, -0.2) is 4.79 Å². The van der Waals surface area contributed by atoms with Gasteiger partial charge in [-0.3, -0.25) is 10.1 Å². The van der Waals surface area contributed by atoms with E-state index in [4.69, 9.17) is 0 Å². The van der Waals surface area contributed by atoms with Crippen LogP contribution >= 0.6 is 0 Å². The minimum absolute atomic E-state index is 0.165. The summed E-state index contributed by atoms with van der Waals surface area (Å²) in [6.45, 7) is -1.81. The van der Waals surface area contributed by atoms with Crippen LogP contribution in [0.4, 0.5) is 23.7 Å². The first-order valence-corrected chi connectivity index (χ1v) is 5.70. The van der Waals surface area contributed by atoms with Gasteiger partial charge in [-0.1, -0.05) is 0 Å². The molecule has 21 heavy (non-hydrogen) atoms. The van der Waals surface area contributed by atoms with Gasteiger partial charge in [0.15, 0.2) is 0 Å². The Morgan fingerprint density at radius 3 is 2.33 bits per heavy atom. The van der Waals surface area contributed by atoms with Crippen molar-refractivity contribution in [3.05, 3.63) is 39.9 Å². The topological polar surface area (TPSA) is 104 Å². The molecule has 0 aromatic heterocycles. The lowest BCUT2D eigenvalue weighted by Crippen LogP contribution is -2.42. The van der Waals surface area contributed by atoms with Crippen molar-refractivity contribution < 1.29 is 28.0 Å². The maximum Gasteiger partial charge on any atom is 0.405 e. The molecular weight excluding hydrogens is 295 g/mol. The van der Waals surface area contributed by atoms with Crippen molar-refractivity contribution >= 4 is 11.7 Å². The SMILES string of the molecule is O=C(NC[C@@H](O)c1ccc([N+](=O)[O-])cc1)NCC(F)(F)F. The number of urea groups is 1. The van der Waals surface area contributed by atoms with Crippen LogP contribution < -0.4 is 10.6 Å². The molecule has 1 aromatic carbocycles. The summed E-state index contributed by atoms with van der Waals surface area (Å²) in [4.78, 5) is 20.9. The van der Waals surface area contributed by atoms with E-state index in [0.29, 0.717) is 0 Å². The zero-order chi connectivity index (χ0) is 16.0. The van der Waals surface area contributed by atoms with Crippen molar-refractivity contribution in [3.8, 4) is 0 Å². The number of alkyl halides is 3. The van der Waals surface area contributed by atoms with E-state index >= 15 is 0 Å². The number of rotatable bonds is 5. The summed E-state index contributed by atoms with van der Waals surface area (Å²) < 4.78 is 35.5. The third-order valence-electron chi connectivity index (χ3n) is 2.39. The summed E-state index contributed by atoms with van der Waals surface area (Å²) >= 11 is 0. The van der Waals surface area contributed by atoms with Crippen LogP contribution in [0.2, 0.25) is 0 Å². The van der Waals surface area contributed by atoms with Crippen LogP contribution in [-0.2, 0) is 0 Å². The molecule has 1 atom stereocenters. The fourth-order valence-electron chi connectivity index (χ4n) is 1.37. The van der Waals surface area contributed by atoms with Crippen molar-refractivity contribution in [1.82, 2.24) is 10.6 Å². The van der Waals surface area contributed by atoms with Crippen molar-refractivity contribution in [3.63, 3.8) is 0 Å². The van der Waals surface area contributed by atoms with Gasteiger partial charge in [0.2, 0.25) is 0 Å². The molecule has 0 unspecified atom stereocenters. The molecule has 116 valence electrons. The molecule has 0 heterocycles. The fourth-order valence-corrected chi connectivity index (χ4v) is 1.37. The van der Waals surface area contributed by atoms with E-state index in [1.165, 1.54) is 24.3 Å². The Balaban J connectivity index is 2.44. The molecular formula is C11H12F3N3O4. The van der Waals surface area contributed by atoms with Crippen LogP contribution in [0.15, 0.2) is 24.3 Å². The number of benzene rings is 1. The van der Waals surface area contributed by atoms with E-state index in [2.05, 4.69) is 5.32 Å². The lowest BCUT2D eigenvalue weighted by atomic mass is 10.1. The predicted molar refractivity (Wildman–Crippen MR) is 65.5 cm³/mol. The molecule has 0 aliphatic carbocycles. The number of amides is 2. The number of carbonyl (C=O) groups excluding carboxylic acids is 1. The van der Waals surface area contributed by atoms with Crippen LogP contribution in [0.5, 0.6) is 0 Å². The van der Waals surface area contributed by atoms with Crippen molar-refractivity contribution in [1.29, 1.82) is 0 Å². The number of nitro benzene ring substituents is 1. The summed E-state index contributed by atoms with van der Waals surface area (Å²) in [7, 11) is 0. The Bertz CT molecular complexity index is 504. The van der Waals surface area contributed by atoms with Crippen LogP contribution in [-0.4, -0.2) is 35.3 Å². The summed E-state index contributed by atoms with van der Waals surface area (Å²) in [5, 5.41) is 23.8. The van der Waals surface area contributed by atoms with Gasteiger partial charge in [0.25, 0.3) is 5.69 Å². The molecule has 10 heteroatoms. The van der Waals surface area contributed by atoms with Crippen LogP contribution in [0.3, 0.4) is 0 Å². The van der Waals surface area contributed by atoms with Crippen LogP contribution in [0, 0.1) is 10.1 Å². The van der Waals surface area contributed by atoms with Gasteiger partial charge in [-0.05, 0) is 17.7 Å². The number of carbonyl (C=O) groups is 1. The molecule has 0 spiro atoms. The van der Waals surface area contributed by atoms with E-state index in [9.17, 15) is 33.2 Å². The van der Waals surface area contributed by atoms with E-state index < -0.39 is 29.8 Å². The summed E-state index contributed by atoms with van der Waals surface area (Å²) in [5.74, 6) is 0. The second-order valence-electron chi connectivity index (χ2n) is 4.04. The zero-order valence-electron chi connectivity index (χ0n) is 10.6. The van der Waals surface area contributed by atoms with Crippen LogP contribution in [0.25, 0.3) is 0 Å². The second-order valence-corrected chi connectivity index (χ2v) is 4.04. The number of nitrogens with zero attached hydrogens (tertiary/aromatic N) is 1.